The van der Waals surface area contributed by atoms with Crippen LogP contribution in [0.1, 0.15) is 11.1 Å². The molecule has 1 atom stereocenters. The maximum atomic E-state index is 12.2. The zero-order chi connectivity index (χ0) is 18.8. The van der Waals surface area contributed by atoms with Crippen molar-refractivity contribution in [2.75, 3.05) is 6.54 Å². The van der Waals surface area contributed by atoms with Gasteiger partial charge in [0, 0.05) is 6.42 Å². The summed E-state index contributed by atoms with van der Waals surface area (Å²) < 4.78 is 5.13. The van der Waals surface area contributed by atoms with Gasteiger partial charge in [0.2, 0.25) is 5.91 Å². The lowest BCUT2D eigenvalue weighted by atomic mass is 10.1. The first kappa shape index (κ1) is 18.8. The quantitative estimate of drug-likeness (QED) is 0.658. The van der Waals surface area contributed by atoms with Gasteiger partial charge in [-0.05, 0) is 23.3 Å². The lowest BCUT2D eigenvalue weighted by Gasteiger charge is -2.18. The van der Waals surface area contributed by atoms with E-state index in [0.29, 0.717) is 0 Å². The van der Waals surface area contributed by atoms with Crippen molar-refractivity contribution in [2.45, 2.75) is 19.1 Å². The van der Waals surface area contributed by atoms with E-state index in [4.69, 9.17) is 10.00 Å². The topological polar surface area (TPSA) is 111 Å². The minimum Gasteiger partial charge on any atom is -0.508 e. The predicted octanol–water partition coefficient (Wildman–Crippen LogP) is 1.87. The van der Waals surface area contributed by atoms with E-state index in [-0.39, 0.29) is 25.3 Å². The van der Waals surface area contributed by atoms with Crippen molar-refractivity contribution in [1.82, 2.24) is 10.6 Å². The minimum atomic E-state index is -0.906. The number of phenolic OH excluding ortho intramolecular Hbond substituents is 1. The van der Waals surface area contributed by atoms with Gasteiger partial charge in [-0.25, -0.2) is 4.79 Å². The highest BCUT2D eigenvalue weighted by atomic mass is 16.5. The molecule has 7 nitrogen and oxygen atoms in total. The Morgan fingerprint density at radius 2 is 1.77 bits per heavy atom. The lowest BCUT2D eigenvalue weighted by Crippen LogP contribution is -2.48. The fourth-order valence-electron chi connectivity index (χ4n) is 2.23. The van der Waals surface area contributed by atoms with Crippen LogP contribution in [0.5, 0.6) is 5.75 Å². The molecular formula is C19H19N3O4. The summed E-state index contributed by atoms with van der Waals surface area (Å²) >= 11 is 0. The molecule has 0 radical (unpaired) electrons. The third kappa shape index (κ3) is 6.17. The molecule has 2 rings (SSSR count). The summed E-state index contributed by atoms with van der Waals surface area (Å²) in [5.41, 5.74) is 1.56. The maximum absolute atomic E-state index is 12.2. The molecule has 0 saturated heterocycles. The summed E-state index contributed by atoms with van der Waals surface area (Å²) in [6, 6.07) is 16.4. The summed E-state index contributed by atoms with van der Waals surface area (Å²) in [5, 5.41) is 22.9. The Morgan fingerprint density at radius 1 is 1.08 bits per heavy atom. The summed E-state index contributed by atoms with van der Waals surface area (Å²) in [4.78, 5) is 24.2. The molecule has 26 heavy (non-hydrogen) atoms. The Balaban J connectivity index is 1.97. The Hall–Kier alpha value is -3.53. The van der Waals surface area contributed by atoms with Crippen molar-refractivity contribution in [3.8, 4) is 11.8 Å². The minimum absolute atomic E-state index is 0.0818. The van der Waals surface area contributed by atoms with Crippen LogP contribution in [-0.2, 0) is 22.6 Å². The van der Waals surface area contributed by atoms with E-state index in [1.54, 1.807) is 12.1 Å². The van der Waals surface area contributed by atoms with Gasteiger partial charge in [0.1, 0.15) is 24.9 Å². The first-order chi connectivity index (χ1) is 12.6. The SMILES string of the molecule is N#CCNC(=O)C(Cc1ccc(O)cc1)NC(=O)OCc1ccccc1. The molecule has 0 aliphatic carbocycles. The highest BCUT2D eigenvalue weighted by Crippen LogP contribution is 2.11. The molecule has 134 valence electrons. The van der Waals surface area contributed by atoms with E-state index in [0.717, 1.165) is 11.1 Å². The van der Waals surface area contributed by atoms with Gasteiger partial charge in [-0.15, -0.1) is 0 Å². The van der Waals surface area contributed by atoms with E-state index < -0.39 is 18.0 Å². The van der Waals surface area contributed by atoms with E-state index in [2.05, 4.69) is 10.6 Å². The fourth-order valence-corrected chi connectivity index (χ4v) is 2.23. The monoisotopic (exact) mass is 353 g/mol. The molecule has 0 fully saturated rings. The number of carbonyl (C=O) groups excluding carboxylic acids is 2. The van der Waals surface area contributed by atoms with Gasteiger partial charge in [0.15, 0.2) is 0 Å². The molecule has 2 amide bonds. The summed E-state index contributed by atoms with van der Waals surface area (Å²) in [5.74, 6) is -0.384. The van der Waals surface area contributed by atoms with Gasteiger partial charge < -0.3 is 20.5 Å². The van der Waals surface area contributed by atoms with Gasteiger partial charge in [-0.2, -0.15) is 5.26 Å². The van der Waals surface area contributed by atoms with Gasteiger partial charge in [-0.1, -0.05) is 42.5 Å². The highest BCUT2D eigenvalue weighted by Gasteiger charge is 2.21. The molecule has 3 N–H and O–H groups in total. The first-order valence-corrected chi connectivity index (χ1v) is 7.98. The van der Waals surface area contributed by atoms with Gasteiger partial charge in [0.25, 0.3) is 0 Å². The molecule has 2 aromatic carbocycles. The molecule has 2 aromatic rings. The fraction of sp³-hybridized carbons (Fsp3) is 0.211. The van der Waals surface area contributed by atoms with Crippen LogP contribution in [0.2, 0.25) is 0 Å². The Morgan fingerprint density at radius 3 is 2.42 bits per heavy atom. The number of ether oxygens (including phenoxy) is 1. The van der Waals surface area contributed by atoms with Crippen molar-refractivity contribution < 1.29 is 19.4 Å². The molecule has 0 aromatic heterocycles. The second-order valence-corrected chi connectivity index (χ2v) is 5.51. The van der Waals surface area contributed by atoms with Gasteiger partial charge in [-0.3, -0.25) is 4.79 Å². The second-order valence-electron chi connectivity index (χ2n) is 5.51. The van der Waals surface area contributed by atoms with Gasteiger partial charge >= 0.3 is 6.09 Å². The Bertz CT molecular complexity index is 770. The molecule has 0 aliphatic rings. The third-order valence-electron chi connectivity index (χ3n) is 3.54. The van der Waals surface area contributed by atoms with Crippen LogP contribution in [0.15, 0.2) is 54.6 Å². The second kappa shape index (κ2) is 9.69. The number of alkyl carbamates (subject to hydrolysis) is 1. The number of nitrogens with one attached hydrogen (secondary N) is 2. The Kier molecular flexibility index (Phi) is 7.01. The molecule has 0 bridgehead atoms. The number of hydrogen-bond acceptors (Lipinski definition) is 5. The van der Waals surface area contributed by atoms with Crippen LogP contribution in [0, 0.1) is 11.3 Å². The average molecular weight is 353 g/mol. The molecule has 1 unspecified atom stereocenters. The smallest absolute Gasteiger partial charge is 0.408 e. The van der Waals surface area contributed by atoms with E-state index in [9.17, 15) is 14.7 Å². The number of phenols is 1. The first-order valence-electron chi connectivity index (χ1n) is 7.98. The molecular weight excluding hydrogens is 334 g/mol. The number of nitriles is 1. The van der Waals surface area contributed by atoms with Crippen LogP contribution in [0.3, 0.4) is 0 Å². The number of hydrogen-bond donors (Lipinski definition) is 3. The number of benzene rings is 2. The lowest BCUT2D eigenvalue weighted by molar-refractivity contribution is -0.122. The standard InChI is InChI=1S/C19H19N3O4/c20-10-11-21-18(24)17(12-14-6-8-16(23)9-7-14)22-19(25)26-13-15-4-2-1-3-5-15/h1-9,17,23H,11-13H2,(H,21,24)(H,22,25). The molecule has 7 heteroatoms. The van der Waals surface area contributed by atoms with Crippen molar-refractivity contribution in [2.24, 2.45) is 0 Å². The molecule has 0 saturated carbocycles. The summed E-state index contributed by atoms with van der Waals surface area (Å²) in [7, 11) is 0. The predicted molar refractivity (Wildman–Crippen MR) is 94.0 cm³/mol. The number of carbonyl (C=O) groups is 2. The van der Waals surface area contributed by atoms with E-state index >= 15 is 0 Å². The van der Waals surface area contributed by atoms with Crippen LogP contribution < -0.4 is 10.6 Å². The van der Waals surface area contributed by atoms with Crippen molar-refractivity contribution >= 4 is 12.0 Å². The average Bonchev–Trinajstić information content (AvgIpc) is 2.66. The largest absolute Gasteiger partial charge is 0.508 e. The van der Waals surface area contributed by atoms with E-state index in [1.165, 1.54) is 12.1 Å². The van der Waals surface area contributed by atoms with Crippen LogP contribution in [0.4, 0.5) is 4.79 Å². The van der Waals surface area contributed by atoms with Crippen LogP contribution >= 0.6 is 0 Å². The zero-order valence-electron chi connectivity index (χ0n) is 14.0. The van der Waals surface area contributed by atoms with Crippen LogP contribution in [-0.4, -0.2) is 29.7 Å². The number of rotatable bonds is 7. The third-order valence-corrected chi connectivity index (χ3v) is 3.54. The van der Waals surface area contributed by atoms with Crippen molar-refractivity contribution in [1.29, 1.82) is 5.26 Å². The normalized spacial score (nSPS) is 11.0. The number of aromatic hydroxyl groups is 1. The van der Waals surface area contributed by atoms with E-state index in [1.807, 2.05) is 36.4 Å². The van der Waals surface area contributed by atoms with Crippen molar-refractivity contribution in [3.63, 3.8) is 0 Å². The van der Waals surface area contributed by atoms with Gasteiger partial charge in [0.05, 0.1) is 6.07 Å². The number of nitrogens with zero attached hydrogens (tertiary/aromatic N) is 1. The number of amides is 2. The Labute approximate surface area is 151 Å². The molecule has 0 heterocycles. The molecule has 0 spiro atoms. The van der Waals surface area contributed by atoms with Crippen LogP contribution in [0.25, 0.3) is 0 Å². The highest BCUT2D eigenvalue weighted by molar-refractivity contribution is 5.86. The van der Waals surface area contributed by atoms with Crippen molar-refractivity contribution in [3.05, 3.63) is 65.7 Å². The maximum Gasteiger partial charge on any atom is 0.408 e. The summed E-state index contributed by atoms with van der Waals surface area (Å²) in [6.07, 6.45) is -0.539. The molecule has 0 aliphatic heterocycles. The zero-order valence-corrected chi connectivity index (χ0v) is 14.0. The summed E-state index contributed by atoms with van der Waals surface area (Å²) in [6.45, 7) is -0.0793.